The predicted octanol–water partition coefficient (Wildman–Crippen LogP) is 2.91. The number of benzene rings is 2. The average molecular weight is 226 g/mol. The summed E-state index contributed by atoms with van der Waals surface area (Å²) in [5.74, 6) is -0.255. The van der Waals surface area contributed by atoms with E-state index < -0.39 is 6.10 Å². The molecule has 1 N–H and O–H groups in total. The van der Waals surface area contributed by atoms with Crippen LogP contribution in [-0.2, 0) is 0 Å². The zero-order chi connectivity index (χ0) is 12.3. The summed E-state index contributed by atoms with van der Waals surface area (Å²) in [7, 11) is 0. The second-order valence-electron chi connectivity index (χ2n) is 3.99. The van der Waals surface area contributed by atoms with Gasteiger partial charge in [0, 0.05) is 5.56 Å². The Morgan fingerprint density at radius 1 is 1.00 bits per heavy atom. The van der Waals surface area contributed by atoms with Crippen molar-refractivity contribution in [1.29, 1.82) is 0 Å². The van der Waals surface area contributed by atoms with Crippen molar-refractivity contribution in [1.82, 2.24) is 0 Å². The molecular weight excluding hydrogens is 212 g/mol. The molecule has 0 spiro atoms. The summed E-state index contributed by atoms with van der Waals surface area (Å²) in [4.78, 5) is 12.1. The molecule has 0 aliphatic rings. The fourth-order valence-corrected chi connectivity index (χ4v) is 1.78. The van der Waals surface area contributed by atoms with Crippen molar-refractivity contribution in [3.63, 3.8) is 0 Å². The first-order valence-electron chi connectivity index (χ1n) is 5.53. The van der Waals surface area contributed by atoms with Crippen LogP contribution in [0, 0.1) is 6.92 Å². The number of rotatable bonds is 3. The standard InChI is InChI=1S/C15H14O2/c1-11-7-5-6-10-13(11)15(17)14(16)12-8-3-2-4-9-12/h2-10,14,16H,1H3/t14-/m1/s1. The van der Waals surface area contributed by atoms with Gasteiger partial charge in [-0.25, -0.2) is 0 Å². The maximum absolute atomic E-state index is 12.1. The minimum atomic E-state index is -1.09. The van der Waals surface area contributed by atoms with Gasteiger partial charge in [0.1, 0.15) is 6.10 Å². The highest BCUT2D eigenvalue weighted by Crippen LogP contribution is 2.19. The maximum atomic E-state index is 12.1. The highest BCUT2D eigenvalue weighted by molar-refractivity contribution is 6.01. The monoisotopic (exact) mass is 226 g/mol. The van der Waals surface area contributed by atoms with Gasteiger partial charge in [0.05, 0.1) is 0 Å². The van der Waals surface area contributed by atoms with Gasteiger partial charge in [-0.15, -0.1) is 0 Å². The Hall–Kier alpha value is -1.93. The minimum absolute atomic E-state index is 0.255. The number of Topliss-reactive ketones (excluding diaryl/α,β-unsaturated/α-hetero) is 1. The van der Waals surface area contributed by atoms with Crippen LogP contribution >= 0.6 is 0 Å². The summed E-state index contributed by atoms with van der Waals surface area (Å²) in [6, 6.07) is 16.3. The number of carbonyl (C=O) groups excluding carboxylic acids is 1. The van der Waals surface area contributed by atoms with Crippen LogP contribution in [0.25, 0.3) is 0 Å². The van der Waals surface area contributed by atoms with E-state index in [4.69, 9.17) is 0 Å². The molecule has 17 heavy (non-hydrogen) atoms. The van der Waals surface area contributed by atoms with Crippen molar-refractivity contribution < 1.29 is 9.90 Å². The molecule has 0 unspecified atom stereocenters. The van der Waals surface area contributed by atoms with E-state index in [2.05, 4.69) is 0 Å². The van der Waals surface area contributed by atoms with Gasteiger partial charge in [0.25, 0.3) is 0 Å². The molecule has 0 amide bonds. The molecule has 2 rings (SSSR count). The van der Waals surface area contributed by atoms with Crippen molar-refractivity contribution in [3.8, 4) is 0 Å². The summed E-state index contributed by atoms with van der Waals surface area (Å²) in [5.41, 5.74) is 2.08. The summed E-state index contributed by atoms with van der Waals surface area (Å²) >= 11 is 0. The Morgan fingerprint density at radius 3 is 2.24 bits per heavy atom. The summed E-state index contributed by atoms with van der Waals surface area (Å²) in [5, 5.41) is 10.0. The molecule has 0 saturated carbocycles. The number of carbonyl (C=O) groups is 1. The first kappa shape index (κ1) is 11.6. The van der Waals surface area contributed by atoms with E-state index in [1.165, 1.54) is 0 Å². The number of aryl methyl sites for hydroxylation is 1. The Labute approximate surface area is 101 Å². The largest absolute Gasteiger partial charge is 0.380 e. The number of hydrogen-bond acceptors (Lipinski definition) is 2. The van der Waals surface area contributed by atoms with Crippen LogP contribution in [-0.4, -0.2) is 10.9 Å². The lowest BCUT2D eigenvalue weighted by Gasteiger charge is -2.11. The molecule has 0 aromatic heterocycles. The molecule has 1 atom stereocenters. The van der Waals surface area contributed by atoms with E-state index in [1.807, 2.05) is 37.3 Å². The molecule has 0 fully saturated rings. The van der Waals surface area contributed by atoms with Crippen LogP contribution in [0.3, 0.4) is 0 Å². The van der Waals surface area contributed by atoms with Crippen LogP contribution in [0.5, 0.6) is 0 Å². The van der Waals surface area contributed by atoms with E-state index >= 15 is 0 Å². The number of hydrogen-bond donors (Lipinski definition) is 1. The van der Waals surface area contributed by atoms with E-state index in [1.54, 1.807) is 24.3 Å². The topological polar surface area (TPSA) is 37.3 Å². The van der Waals surface area contributed by atoms with Crippen molar-refractivity contribution in [2.75, 3.05) is 0 Å². The van der Waals surface area contributed by atoms with Gasteiger partial charge in [0.2, 0.25) is 0 Å². The molecular formula is C15H14O2. The maximum Gasteiger partial charge on any atom is 0.196 e. The number of ketones is 1. The quantitative estimate of drug-likeness (QED) is 0.817. The van der Waals surface area contributed by atoms with Crippen LogP contribution in [0.2, 0.25) is 0 Å². The van der Waals surface area contributed by atoms with Gasteiger partial charge in [-0.05, 0) is 18.1 Å². The molecule has 2 aromatic carbocycles. The van der Waals surface area contributed by atoms with E-state index in [0.29, 0.717) is 11.1 Å². The fourth-order valence-electron chi connectivity index (χ4n) is 1.78. The van der Waals surface area contributed by atoms with Crippen LogP contribution in [0.4, 0.5) is 0 Å². The third kappa shape index (κ3) is 2.43. The predicted molar refractivity (Wildman–Crippen MR) is 66.9 cm³/mol. The lowest BCUT2D eigenvalue weighted by Crippen LogP contribution is -2.13. The van der Waals surface area contributed by atoms with Crippen molar-refractivity contribution in [3.05, 3.63) is 71.3 Å². The van der Waals surface area contributed by atoms with Gasteiger partial charge in [0.15, 0.2) is 5.78 Å². The Kier molecular flexibility index (Phi) is 3.35. The zero-order valence-corrected chi connectivity index (χ0v) is 9.63. The van der Waals surface area contributed by atoms with Gasteiger partial charge in [-0.1, -0.05) is 54.6 Å². The molecule has 0 heterocycles. The lowest BCUT2D eigenvalue weighted by atomic mass is 9.97. The second kappa shape index (κ2) is 4.93. The zero-order valence-electron chi connectivity index (χ0n) is 9.63. The highest BCUT2D eigenvalue weighted by atomic mass is 16.3. The van der Waals surface area contributed by atoms with Crippen LogP contribution < -0.4 is 0 Å². The van der Waals surface area contributed by atoms with Crippen LogP contribution in [0.15, 0.2) is 54.6 Å². The molecule has 0 aliphatic carbocycles. The Morgan fingerprint density at radius 2 is 1.59 bits per heavy atom. The third-order valence-corrected chi connectivity index (χ3v) is 2.77. The highest BCUT2D eigenvalue weighted by Gasteiger charge is 2.19. The summed E-state index contributed by atoms with van der Waals surface area (Å²) in [6.45, 7) is 1.87. The SMILES string of the molecule is Cc1ccccc1C(=O)[C@H](O)c1ccccc1. The van der Waals surface area contributed by atoms with E-state index in [0.717, 1.165) is 5.56 Å². The third-order valence-electron chi connectivity index (χ3n) is 2.77. The molecule has 2 nitrogen and oxygen atoms in total. The molecule has 86 valence electrons. The first-order valence-corrected chi connectivity index (χ1v) is 5.53. The number of aliphatic hydroxyl groups excluding tert-OH is 1. The Bertz CT molecular complexity index is 517. The normalized spacial score (nSPS) is 12.1. The molecule has 0 saturated heterocycles. The molecule has 0 bridgehead atoms. The van der Waals surface area contributed by atoms with Crippen LogP contribution in [0.1, 0.15) is 27.6 Å². The van der Waals surface area contributed by atoms with Gasteiger partial charge in [-0.2, -0.15) is 0 Å². The van der Waals surface area contributed by atoms with Gasteiger partial charge < -0.3 is 5.11 Å². The van der Waals surface area contributed by atoms with Gasteiger partial charge in [-0.3, -0.25) is 4.79 Å². The Balaban J connectivity index is 2.30. The van der Waals surface area contributed by atoms with Crippen molar-refractivity contribution in [2.45, 2.75) is 13.0 Å². The lowest BCUT2D eigenvalue weighted by molar-refractivity contribution is 0.0747. The van der Waals surface area contributed by atoms with E-state index in [9.17, 15) is 9.90 Å². The average Bonchev–Trinajstić information content (AvgIpc) is 2.39. The van der Waals surface area contributed by atoms with E-state index in [-0.39, 0.29) is 5.78 Å². The summed E-state index contributed by atoms with van der Waals surface area (Å²) < 4.78 is 0. The smallest absolute Gasteiger partial charge is 0.196 e. The summed E-state index contributed by atoms with van der Waals surface area (Å²) in [6.07, 6.45) is -1.09. The molecule has 2 aromatic rings. The first-order chi connectivity index (χ1) is 8.20. The minimum Gasteiger partial charge on any atom is -0.380 e. The molecule has 0 aliphatic heterocycles. The van der Waals surface area contributed by atoms with Gasteiger partial charge >= 0.3 is 0 Å². The molecule has 0 radical (unpaired) electrons. The van der Waals surface area contributed by atoms with Crippen molar-refractivity contribution >= 4 is 5.78 Å². The van der Waals surface area contributed by atoms with Crippen molar-refractivity contribution in [2.24, 2.45) is 0 Å². The number of aliphatic hydroxyl groups is 1. The molecule has 2 heteroatoms. The second-order valence-corrected chi connectivity index (χ2v) is 3.99. The fraction of sp³-hybridized carbons (Fsp3) is 0.133.